The largest absolute Gasteiger partial charge is 0.453 e. The molecule has 1 aliphatic rings. The summed E-state index contributed by atoms with van der Waals surface area (Å²) >= 11 is 0. The number of hydrogen-bond acceptors (Lipinski definition) is 6. The quantitative estimate of drug-likeness (QED) is 0.600. The van der Waals surface area contributed by atoms with Crippen molar-refractivity contribution in [3.05, 3.63) is 17.7 Å². The van der Waals surface area contributed by atoms with E-state index in [0.717, 1.165) is 0 Å². The van der Waals surface area contributed by atoms with Gasteiger partial charge in [0.2, 0.25) is 6.79 Å². The average Bonchev–Trinajstić information content (AvgIpc) is 2.63. The van der Waals surface area contributed by atoms with E-state index < -0.39 is 5.91 Å². The lowest BCUT2D eigenvalue weighted by Crippen LogP contribution is -2.14. The Bertz CT molecular complexity index is 418. The number of ether oxygens (including phenoxy) is 2. The Morgan fingerprint density at radius 2 is 2.00 bits per heavy atom. The normalized spacial score (nSPS) is 12.7. The Morgan fingerprint density at radius 1 is 1.33 bits per heavy atom. The van der Waals surface area contributed by atoms with Crippen molar-refractivity contribution in [1.82, 2.24) is 0 Å². The molecular weight excluding hydrogens is 204 g/mol. The Kier molecular flexibility index (Phi) is 2.10. The molecule has 1 aromatic carbocycles. The summed E-state index contributed by atoms with van der Waals surface area (Å²) in [4.78, 5) is 11.0. The first-order valence-electron chi connectivity index (χ1n) is 4.01. The minimum atomic E-state index is -0.675. The number of carbonyl (C=O) groups excluding carboxylic acids is 1. The van der Waals surface area contributed by atoms with Crippen LogP contribution < -0.4 is 20.4 Å². The van der Waals surface area contributed by atoms with Gasteiger partial charge in [0.05, 0.1) is 5.56 Å². The second kappa shape index (κ2) is 3.30. The second-order valence-corrected chi connectivity index (χ2v) is 2.85. The summed E-state index contributed by atoms with van der Waals surface area (Å²) in [6, 6.07) is 2.61. The van der Waals surface area contributed by atoms with Gasteiger partial charge in [0.1, 0.15) is 5.69 Å². The van der Waals surface area contributed by atoms with E-state index in [1.165, 1.54) is 12.1 Å². The number of carbonyl (C=O) groups is 1. The maximum Gasteiger partial charge on any atom is 0.252 e. The molecule has 80 valence electrons. The smallest absolute Gasteiger partial charge is 0.252 e. The first-order chi connectivity index (χ1) is 7.11. The SMILES string of the molecule is NC(=O)c1ccc(N(O)O)c2c1OCO2. The number of fused-ring (bicyclic) bond motifs is 1. The zero-order valence-electron chi connectivity index (χ0n) is 7.51. The third-order valence-electron chi connectivity index (χ3n) is 1.98. The summed E-state index contributed by atoms with van der Waals surface area (Å²) in [7, 11) is 0. The lowest BCUT2D eigenvalue weighted by molar-refractivity contribution is 0.0276. The highest BCUT2D eigenvalue weighted by Gasteiger charge is 2.26. The number of anilines is 1. The number of nitrogens with two attached hydrogens (primary N) is 1. The van der Waals surface area contributed by atoms with Crippen LogP contribution in [0.1, 0.15) is 10.4 Å². The topological polar surface area (TPSA) is 105 Å². The van der Waals surface area contributed by atoms with Gasteiger partial charge in [-0.1, -0.05) is 0 Å². The minimum absolute atomic E-state index is 0.0208. The van der Waals surface area contributed by atoms with E-state index >= 15 is 0 Å². The molecular formula is C8H8N2O5. The first kappa shape index (κ1) is 9.56. The van der Waals surface area contributed by atoms with Crippen LogP contribution in [0.15, 0.2) is 12.1 Å². The first-order valence-corrected chi connectivity index (χ1v) is 4.01. The van der Waals surface area contributed by atoms with Gasteiger partial charge in [-0.3, -0.25) is 15.2 Å². The Hall–Kier alpha value is -1.99. The van der Waals surface area contributed by atoms with Crippen LogP contribution in [0.25, 0.3) is 0 Å². The van der Waals surface area contributed by atoms with Crippen molar-refractivity contribution < 1.29 is 24.7 Å². The van der Waals surface area contributed by atoms with Crippen molar-refractivity contribution in [2.24, 2.45) is 5.73 Å². The van der Waals surface area contributed by atoms with Gasteiger partial charge in [0.25, 0.3) is 5.91 Å². The van der Waals surface area contributed by atoms with Crippen molar-refractivity contribution in [3.63, 3.8) is 0 Å². The van der Waals surface area contributed by atoms with Gasteiger partial charge in [-0.25, -0.2) is 0 Å². The molecule has 0 radical (unpaired) electrons. The van der Waals surface area contributed by atoms with Gasteiger partial charge < -0.3 is 15.2 Å². The third kappa shape index (κ3) is 1.43. The number of nitrogens with zero attached hydrogens (tertiary/aromatic N) is 1. The van der Waals surface area contributed by atoms with Gasteiger partial charge >= 0.3 is 0 Å². The molecule has 0 aliphatic carbocycles. The van der Waals surface area contributed by atoms with Crippen LogP contribution in [0.2, 0.25) is 0 Å². The lowest BCUT2D eigenvalue weighted by atomic mass is 10.1. The molecule has 7 nitrogen and oxygen atoms in total. The van der Waals surface area contributed by atoms with E-state index in [1.54, 1.807) is 0 Å². The van der Waals surface area contributed by atoms with Gasteiger partial charge in [0, 0.05) is 0 Å². The van der Waals surface area contributed by atoms with Crippen molar-refractivity contribution in [2.75, 3.05) is 12.0 Å². The molecule has 1 heterocycles. The van der Waals surface area contributed by atoms with Crippen molar-refractivity contribution >= 4 is 11.6 Å². The van der Waals surface area contributed by atoms with Gasteiger partial charge in [-0.2, -0.15) is 0 Å². The highest BCUT2D eigenvalue weighted by Crippen LogP contribution is 2.42. The van der Waals surface area contributed by atoms with E-state index in [1.807, 2.05) is 0 Å². The molecule has 7 heteroatoms. The standard InChI is InChI=1S/C8H8N2O5/c9-8(11)4-1-2-5(10(12)13)7-6(4)14-3-15-7/h1-2,12-13H,3H2,(H2,9,11). The fourth-order valence-corrected chi connectivity index (χ4v) is 1.33. The van der Waals surface area contributed by atoms with Gasteiger partial charge in [-0.05, 0) is 12.1 Å². The Balaban J connectivity index is 2.58. The fourth-order valence-electron chi connectivity index (χ4n) is 1.33. The summed E-state index contributed by atoms with van der Waals surface area (Å²) in [5.41, 5.74) is 5.21. The van der Waals surface area contributed by atoms with Crippen LogP contribution in [0.4, 0.5) is 5.69 Å². The van der Waals surface area contributed by atoms with Crippen LogP contribution in [0, 0.1) is 0 Å². The van der Waals surface area contributed by atoms with E-state index in [-0.39, 0.29) is 34.8 Å². The maximum absolute atomic E-state index is 11.0. The molecule has 2 rings (SSSR count). The number of amides is 1. The molecule has 0 saturated heterocycles. The second-order valence-electron chi connectivity index (χ2n) is 2.85. The molecule has 0 bridgehead atoms. The summed E-state index contributed by atoms with van der Waals surface area (Å²) < 4.78 is 10.00. The maximum atomic E-state index is 11.0. The zero-order chi connectivity index (χ0) is 11.0. The molecule has 0 saturated carbocycles. The van der Waals surface area contributed by atoms with Gasteiger partial charge in [0.15, 0.2) is 11.5 Å². The Labute approximate surface area is 84.1 Å². The predicted molar refractivity (Wildman–Crippen MR) is 47.1 cm³/mol. The number of rotatable bonds is 2. The highest BCUT2D eigenvalue weighted by molar-refractivity contribution is 5.97. The van der Waals surface area contributed by atoms with E-state index in [2.05, 4.69) is 0 Å². The van der Waals surface area contributed by atoms with Crippen LogP contribution >= 0.6 is 0 Å². The van der Waals surface area contributed by atoms with Gasteiger partial charge in [-0.15, -0.1) is 5.23 Å². The number of benzene rings is 1. The summed E-state index contributed by atoms with van der Waals surface area (Å²) in [6.07, 6.45) is 0. The van der Waals surface area contributed by atoms with Crippen molar-refractivity contribution in [1.29, 1.82) is 0 Å². The zero-order valence-corrected chi connectivity index (χ0v) is 7.51. The number of primary amides is 1. The van der Waals surface area contributed by atoms with E-state index in [4.69, 9.17) is 25.6 Å². The molecule has 0 aromatic heterocycles. The molecule has 1 aromatic rings. The fraction of sp³-hybridized carbons (Fsp3) is 0.125. The van der Waals surface area contributed by atoms with Crippen molar-refractivity contribution in [2.45, 2.75) is 0 Å². The van der Waals surface area contributed by atoms with E-state index in [9.17, 15) is 4.79 Å². The average molecular weight is 212 g/mol. The number of hydrogen-bond donors (Lipinski definition) is 3. The van der Waals surface area contributed by atoms with Crippen LogP contribution in [0.5, 0.6) is 11.5 Å². The van der Waals surface area contributed by atoms with Crippen LogP contribution in [0.3, 0.4) is 0 Å². The molecule has 15 heavy (non-hydrogen) atoms. The highest BCUT2D eigenvalue weighted by atomic mass is 16.8. The monoisotopic (exact) mass is 212 g/mol. The molecule has 0 fully saturated rings. The summed E-state index contributed by atoms with van der Waals surface area (Å²) in [6.45, 7) is -0.0968. The molecule has 0 atom stereocenters. The minimum Gasteiger partial charge on any atom is -0.453 e. The van der Waals surface area contributed by atoms with E-state index in [0.29, 0.717) is 0 Å². The summed E-state index contributed by atoms with van der Waals surface area (Å²) in [5.74, 6) is -0.477. The Morgan fingerprint density at radius 3 is 2.60 bits per heavy atom. The molecule has 1 amide bonds. The molecule has 1 aliphatic heterocycles. The molecule has 0 unspecified atom stereocenters. The van der Waals surface area contributed by atoms with Crippen LogP contribution in [-0.4, -0.2) is 23.1 Å². The lowest BCUT2D eigenvalue weighted by Gasteiger charge is -2.11. The predicted octanol–water partition coefficient (Wildman–Crippen LogP) is 0.0990. The molecule has 0 spiro atoms. The van der Waals surface area contributed by atoms with Crippen LogP contribution in [-0.2, 0) is 0 Å². The molecule has 4 N–H and O–H groups in total. The summed E-state index contributed by atoms with van der Waals surface area (Å²) in [5, 5.41) is 17.6. The third-order valence-corrected chi connectivity index (χ3v) is 1.98. The van der Waals surface area contributed by atoms with Crippen molar-refractivity contribution in [3.8, 4) is 11.5 Å².